The Bertz CT molecular complexity index is 672. The van der Waals surface area contributed by atoms with Gasteiger partial charge in [-0.25, -0.2) is 9.59 Å². The lowest BCUT2D eigenvalue weighted by Gasteiger charge is -2.26. The van der Waals surface area contributed by atoms with E-state index in [-0.39, 0.29) is 5.92 Å². The lowest BCUT2D eigenvalue weighted by Crippen LogP contribution is -2.43. The molecule has 0 aromatic heterocycles. The van der Waals surface area contributed by atoms with Crippen LogP contribution in [-0.2, 0) is 16.0 Å². The number of nitrogens with zero attached hydrogens (tertiary/aromatic N) is 2. The van der Waals surface area contributed by atoms with Crippen LogP contribution in [0.3, 0.4) is 0 Å². The van der Waals surface area contributed by atoms with Gasteiger partial charge in [-0.1, -0.05) is 12.1 Å². The summed E-state index contributed by atoms with van der Waals surface area (Å²) in [6.45, 7) is 5.59. The highest BCUT2D eigenvalue weighted by Crippen LogP contribution is 2.28. The predicted octanol–water partition coefficient (Wildman–Crippen LogP) is 2.81. The van der Waals surface area contributed by atoms with Crippen molar-refractivity contribution in [1.29, 1.82) is 5.26 Å². The average molecular weight is 330 g/mol. The molecule has 1 heterocycles. The molecule has 6 heteroatoms. The van der Waals surface area contributed by atoms with E-state index in [1.165, 1.54) is 4.90 Å². The van der Waals surface area contributed by atoms with E-state index in [1.807, 2.05) is 12.1 Å². The maximum atomic E-state index is 12.3. The van der Waals surface area contributed by atoms with Crippen LogP contribution in [0.2, 0.25) is 0 Å². The summed E-state index contributed by atoms with van der Waals surface area (Å²) in [7, 11) is 0. The molecule has 0 bridgehead atoms. The molecule has 2 atom stereocenters. The number of carbonyl (C=O) groups excluding carboxylic acids is 1. The number of hydrogen-bond donors (Lipinski definition) is 1. The average Bonchev–Trinajstić information content (AvgIpc) is 2.90. The minimum absolute atomic E-state index is 0.0209. The largest absolute Gasteiger partial charge is 0.480 e. The van der Waals surface area contributed by atoms with Crippen molar-refractivity contribution in [2.45, 2.75) is 45.3 Å². The molecule has 0 saturated carbocycles. The van der Waals surface area contributed by atoms with Crippen LogP contribution in [0.25, 0.3) is 0 Å². The molecule has 1 aliphatic heterocycles. The number of rotatable bonds is 3. The summed E-state index contributed by atoms with van der Waals surface area (Å²) in [5.41, 5.74) is 0.873. The number of carbonyl (C=O) groups is 2. The molecule has 0 unspecified atom stereocenters. The summed E-state index contributed by atoms with van der Waals surface area (Å²) in [5.74, 6) is -0.998. The minimum Gasteiger partial charge on any atom is -0.480 e. The zero-order valence-corrected chi connectivity index (χ0v) is 14.2. The summed E-state index contributed by atoms with van der Waals surface area (Å²) in [4.78, 5) is 25.1. The topological polar surface area (TPSA) is 90.6 Å². The summed E-state index contributed by atoms with van der Waals surface area (Å²) < 4.78 is 5.32. The Morgan fingerprint density at radius 3 is 2.71 bits per heavy atom. The van der Waals surface area contributed by atoms with Crippen LogP contribution in [0.5, 0.6) is 0 Å². The second-order valence-corrected chi connectivity index (χ2v) is 7.10. The normalized spacial score (nSPS) is 20.5. The van der Waals surface area contributed by atoms with Gasteiger partial charge in [0, 0.05) is 6.54 Å². The molecule has 2 rings (SSSR count). The van der Waals surface area contributed by atoms with Gasteiger partial charge >= 0.3 is 12.1 Å². The van der Waals surface area contributed by atoms with Crippen molar-refractivity contribution in [1.82, 2.24) is 4.90 Å². The zero-order chi connectivity index (χ0) is 17.9. The van der Waals surface area contributed by atoms with E-state index < -0.39 is 23.7 Å². The van der Waals surface area contributed by atoms with Crippen molar-refractivity contribution < 1.29 is 19.4 Å². The lowest BCUT2D eigenvalue weighted by atomic mass is 9.96. The van der Waals surface area contributed by atoms with Crippen molar-refractivity contribution in [3.8, 4) is 6.07 Å². The predicted molar refractivity (Wildman–Crippen MR) is 87.3 cm³/mol. The maximum Gasteiger partial charge on any atom is 0.411 e. The van der Waals surface area contributed by atoms with Crippen molar-refractivity contribution in [2.75, 3.05) is 6.54 Å². The van der Waals surface area contributed by atoms with Gasteiger partial charge in [-0.05, 0) is 57.2 Å². The fourth-order valence-electron chi connectivity index (χ4n) is 2.93. The van der Waals surface area contributed by atoms with Crippen LogP contribution in [0.1, 0.15) is 38.3 Å². The molecule has 6 nitrogen and oxygen atoms in total. The van der Waals surface area contributed by atoms with Gasteiger partial charge in [0.25, 0.3) is 0 Å². The number of carboxylic acids is 1. The molecule has 1 saturated heterocycles. The van der Waals surface area contributed by atoms with Crippen LogP contribution < -0.4 is 0 Å². The highest BCUT2D eigenvalue weighted by molar-refractivity contribution is 5.81. The monoisotopic (exact) mass is 330 g/mol. The third-order valence-corrected chi connectivity index (χ3v) is 3.88. The molecule has 1 fully saturated rings. The van der Waals surface area contributed by atoms with Crippen molar-refractivity contribution >= 4 is 12.1 Å². The molecule has 1 amide bonds. The quantitative estimate of drug-likeness (QED) is 0.920. The number of carboxylic acid groups (broad SMARTS) is 1. The molecule has 128 valence electrons. The van der Waals surface area contributed by atoms with Gasteiger partial charge in [-0.15, -0.1) is 0 Å². The van der Waals surface area contributed by atoms with E-state index in [0.29, 0.717) is 24.9 Å². The Kier molecular flexibility index (Phi) is 5.13. The minimum atomic E-state index is -1.02. The SMILES string of the molecule is CC(C)(C)OC(=O)N1C[C@H](Cc2cccc(C#N)c2)C[C@H]1C(=O)O. The number of nitriles is 1. The Morgan fingerprint density at radius 1 is 1.42 bits per heavy atom. The molecule has 0 spiro atoms. The molecule has 1 aliphatic rings. The van der Waals surface area contributed by atoms with Gasteiger partial charge in [0.05, 0.1) is 11.6 Å². The zero-order valence-electron chi connectivity index (χ0n) is 14.2. The van der Waals surface area contributed by atoms with Crippen LogP contribution in [0.4, 0.5) is 4.79 Å². The first-order valence-corrected chi connectivity index (χ1v) is 7.91. The molecule has 1 aromatic rings. The highest BCUT2D eigenvalue weighted by Gasteiger charge is 2.41. The number of benzene rings is 1. The first-order valence-electron chi connectivity index (χ1n) is 7.91. The Labute approximate surface area is 141 Å². The van der Waals surface area contributed by atoms with Gasteiger partial charge < -0.3 is 9.84 Å². The van der Waals surface area contributed by atoms with Crippen molar-refractivity contribution in [2.24, 2.45) is 5.92 Å². The van der Waals surface area contributed by atoms with E-state index >= 15 is 0 Å². The summed E-state index contributed by atoms with van der Waals surface area (Å²) >= 11 is 0. The van der Waals surface area contributed by atoms with E-state index in [0.717, 1.165) is 5.56 Å². The van der Waals surface area contributed by atoms with Crippen LogP contribution >= 0.6 is 0 Å². The molecule has 0 radical (unpaired) electrons. The first-order chi connectivity index (χ1) is 11.2. The Balaban J connectivity index is 2.10. The van der Waals surface area contributed by atoms with Crippen LogP contribution in [0.15, 0.2) is 24.3 Å². The van der Waals surface area contributed by atoms with E-state index in [4.69, 9.17) is 10.00 Å². The fourth-order valence-corrected chi connectivity index (χ4v) is 2.93. The van der Waals surface area contributed by atoms with E-state index in [1.54, 1.807) is 32.9 Å². The number of likely N-dealkylation sites (tertiary alicyclic amines) is 1. The van der Waals surface area contributed by atoms with Gasteiger partial charge in [-0.3, -0.25) is 4.90 Å². The lowest BCUT2D eigenvalue weighted by molar-refractivity contribution is -0.142. The van der Waals surface area contributed by atoms with Crippen LogP contribution in [0, 0.1) is 17.2 Å². The molecule has 24 heavy (non-hydrogen) atoms. The van der Waals surface area contributed by atoms with Crippen molar-refractivity contribution in [3.05, 3.63) is 35.4 Å². The van der Waals surface area contributed by atoms with Crippen LogP contribution in [-0.4, -0.2) is 40.3 Å². The number of aliphatic carboxylic acids is 1. The summed E-state index contributed by atoms with van der Waals surface area (Å²) in [6.07, 6.45) is 0.410. The van der Waals surface area contributed by atoms with Gasteiger partial charge in [0.15, 0.2) is 0 Å². The number of hydrogen-bond acceptors (Lipinski definition) is 4. The van der Waals surface area contributed by atoms with Gasteiger partial charge in [-0.2, -0.15) is 5.26 Å². The summed E-state index contributed by atoms with van der Waals surface area (Å²) in [5, 5.41) is 18.4. The van der Waals surface area contributed by atoms with E-state index in [2.05, 4.69) is 6.07 Å². The molecule has 0 aliphatic carbocycles. The second kappa shape index (κ2) is 6.91. The highest BCUT2D eigenvalue weighted by atomic mass is 16.6. The smallest absolute Gasteiger partial charge is 0.411 e. The number of amides is 1. The Morgan fingerprint density at radius 2 is 2.12 bits per heavy atom. The third kappa shape index (κ3) is 4.48. The standard InChI is InChI=1S/C18H22N2O4/c1-18(2,3)24-17(23)20-11-14(9-15(20)16(21)22)8-12-5-4-6-13(7-12)10-19/h4-7,14-15H,8-9,11H2,1-3H3,(H,21,22)/t14-,15+/m1/s1. The molecule has 1 aromatic carbocycles. The summed E-state index contributed by atoms with van der Waals surface area (Å²) in [6, 6.07) is 8.47. The fraction of sp³-hybridized carbons (Fsp3) is 0.500. The van der Waals surface area contributed by atoms with Gasteiger partial charge in [0.2, 0.25) is 0 Å². The third-order valence-electron chi connectivity index (χ3n) is 3.88. The first kappa shape index (κ1) is 17.8. The van der Waals surface area contributed by atoms with Gasteiger partial charge in [0.1, 0.15) is 11.6 Å². The second-order valence-electron chi connectivity index (χ2n) is 7.10. The molecular formula is C18H22N2O4. The molecule has 1 N–H and O–H groups in total. The maximum absolute atomic E-state index is 12.3. The number of ether oxygens (including phenoxy) is 1. The molecular weight excluding hydrogens is 308 g/mol. The Hall–Kier alpha value is -2.55. The van der Waals surface area contributed by atoms with Crippen molar-refractivity contribution in [3.63, 3.8) is 0 Å². The van der Waals surface area contributed by atoms with E-state index in [9.17, 15) is 14.7 Å².